The molecule has 0 amide bonds. The van der Waals surface area contributed by atoms with Gasteiger partial charge in [0.1, 0.15) is 11.6 Å². The Morgan fingerprint density at radius 2 is 1.83 bits per heavy atom. The molecule has 62 valence electrons. The minimum absolute atomic E-state index is 0.220. The molecule has 0 radical (unpaired) electrons. The molecule has 1 N–H and O–H groups in total. The van der Waals surface area contributed by atoms with Crippen molar-refractivity contribution in [1.82, 2.24) is 4.98 Å². The van der Waals surface area contributed by atoms with Gasteiger partial charge in [-0.05, 0) is 31.9 Å². The van der Waals surface area contributed by atoms with Crippen molar-refractivity contribution in [3.05, 3.63) is 32.7 Å². The highest BCUT2D eigenvalue weighted by atomic mass is 16.1. The van der Waals surface area contributed by atoms with Crippen LogP contribution in [0.25, 0.3) is 0 Å². The van der Waals surface area contributed by atoms with Crippen LogP contribution in [0.5, 0.6) is 0 Å². The molecule has 0 bridgehead atoms. The van der Waals surface area contributed by atoms with Gasteiger partial charge in [-0.15, -0.1) is 0 Å². The van der Waals surface area contributed by atoms with Gasteiger partial charge < -0.3 is 4.98 Å². The highest BCUT2D eigenvalue weighted by Gasteiger charge is 2.07. The van der Waals surface area contributed by atoms with Gasteiger partial charge >= 0.3 is 0 Å². The average Bonchev–Trinajstić information content (AvgIpc) is 2.01. The summed E-state index contributed by atoms with van der Waals surface area (Å²) in [6.45, 7) is 5.50. The van der Waals surface area contributed by atoms with E-state index in [9.17, 15) is 4.79 Å². The zero-order chi connectivity index (χ0) is 9.30. The second kappa shape index (κ2) is 2.82. The van der Waals surface area contributed by atoms with Crippen LogP contribution in [0.1, 0.15) is 22.4 Å². The SMILES string of the molecule is Cc1[nH]c(=O)c(C#N)c(C)c1C. The van der Waals surface area contributed by atoms with E-state index in [4.69, 9.17) is 5.26 Å². The number of hydrogen-bond acceptors (Lipinski definition) is 2. The molecule has 3 nitrogen and oxygen atoms in total. The summed E-state index contributed by atoms with van der Waals surface area (Å²) in [5.41, 5.74) is 2.51. The van der Waals surface area contributed by atoms with Crippen LogP contribution in [-0.4, -0.2) is 4.98 Å². The van der Waals surface area contributed by atoms with Crippen molar-refractivity contribution in [2.45, 2.75) is 20.8 Å². The van der Waals surface area contributed by atoms with E-state index in [-0.39, 0.29) is 11.1 Å². The number of nitrogens with zero attached hydrogens (tertiary/aromatic N) is 1. The van der Waals surface area contributed by atoms with E-state index in [1.54, 1.807) is 6.92 Å². The summed E-state index contributed by atoms with van der Waals surface area (Å²) in [6.07, 6.45) is 0. The van der Waals surface area contributed by atoms with Crippen LogP contribution in [0.15, 0.2) is 4.79 Å². The number of nitriles is 1. The first-order valence-electron chi connectivity index (χ1n) is 3.68. The number of H-pyrrole nitrogens is 1. The predicted molar refractivity (Wildman–Crippen MR) is 46.0 cm³/mol. The van der Waals surface area contributed by atoms with E-state index in [1.807, 2.05) is 19.9 Å². The third-order valence-electron chi connectivity index (χ3n) is 2.14. The number of aromatic nitrogens is 1. The Morgan fingerprint density at radius 1 is 1.25 bits per heavy atom. The molecule has 12 heavy (non-hydrogen) atoms. The van der Waals surface area contributed by atoms with Crippen molar-refractivity contribution in [2.24, 2.45) is 0 Å². The maximum absolute atomic E-state index is 11.2. The van der Waals surface area contributed by atoms with Crippen LogP contribution in [0.2, 0.25) is 0 Å². The Labute approximate surface area is 70.7 Å². The third-order valence-corrected chi connectivity index (χ3v) is 2.14. The molecule has 0 aliphatic heterocycles. The molecule has 0 aliphatic rings. The van der Waals surface area contributed by atoms with Crippen molar-refractivity contribution in [3.63, 3.8) is 0 Å². The summed E-state index contributed by atoms with van der Waals surface area (Å²) in [5.74, 6) is 0. The molecule has 1 heterocycles. The molecular weight excluding hydrogens is 152 g/mol. The van der Waals surface area contributed by atoms with Gasteiger partial charge in [0.05, 0.1) is 0 Å². The molecule has 0 saturated heterocycles. The Balaban J connectivity index is 3.66. The van der Waals surface area contributed by atoms with Crippen LogP contribution in [0.3, 0.4) is 0 Å². The first-order chi connectivity index (χ1) is 5.57. The van der Waals surface area contributed by atoms with Gasteiger partial charge in [-0.25, -0.2) is 0 Å². The van der Waals surface area contributed by atoms with Crippen LogP contribution >= 0.6 is 0 Å². The van der Waals surface area contributed by atoms with Crippen LogP contribution < -0.4 is 5.56 Å². The van der Waals surface area contributed by atoms with E-state index in [1.165, 1.54) is 0 Å². The number of pyridine rings is 1. The highest BCUT2D eigenvalue weighted by Crippen LogP contribution is 2.09. The fourth-order valence-corrected chi connectivity index (χ4v) is 1.10. The molecule has 0 aromatic carbocycles. The minimum Gasteiger partial charge on any atom is -0.325 e. The van der Waals surface area contributed by atoms with E-state index in [0.29, 0.717) is 0 Å². The molecule has 0 aliphatic carbocycles. The lowest BCUT2D eigenvalue weighted by atomic mass is 10.1. The number of aromatic amines is 1. The lowest BCUT2D eigenvalue weighted by Crippen LogP contribution is -2.14. The van der Waals surface area contributed by atoms with Gasteiger partial charge in [-0.2, -0.15) is 5.26 Å². The quantitative estimate of drug-likeness (QED) is 0.622. The van der Waals surface area contributed by atoms with Crippen molar-refractivity contribution in [2.75, 3.05) is 0 Å². The van der Waals surface area contributed by atoms with Crippen molar-refractivity contribution in [1.29, 1.82) is 5.26 Å². The fourth-order valence-electron chi connectivity index (χ4n) is 1.10. The van der Waals surface area contributed by atoms with Gasteiger partial charge in [-0.3, -0.25) is 4.79 Å². The van der Waals surface area contributed by atoms with Crippen LogP contribution in [-0.2, 0) is 0 Å². The van der Waals surface area contributed by atoms with Crippen molar-refractivity contribution >= 4 is 0 Å². The Morgan fingerprint density at radius 3 is 2.33 bits per heavy atom. The molecule has 1 aromatic heterocycles. The lowest BCUT2D eigenvalue weighted by Gasteiger charge is -2.04. The summed E-state index contributed by atoms with van der Waals surface area (Å²) in [4.78, 5) is 13.8. The minimum atomic E-state index is -0.293. The second-order valence-corrected chi connectivity index (χ2v) is 2.82. The lowest BCUT2D eigenvalue weighted by molar-refractivity contribution is 1.06. The monoisotopic (exact) mass is 162 g/mol. The van der Waals surface area contributed by atoms with Gasteiger partial charge in [-0.1, -0.05) is 0 Å². The maximum atomic E-state index is 11.2. The zero-order valence-electron chi connectivity index (χ0n) is 7.36. The Kier molecular flexibility index (Phi) is 2.01. The van der Waals surface area contributed by atoms with Gasteiger partial charge in [0.15, 0.2) is 0 Å². The number of aryl methyl sites for hydroxylation is 1. The van der Waals surface area contributed by atoms with Crippen LogP contribution in [0.4, 0.5) is 0 Å². The zero-order valence-corrected chi connectivity index (χ0v) is 7.36. The van der Waals surface area contributed by atoms with E-state index in [0.717, 1.165) is 16.8 Å². The van der Waals surface area contributed by atoms with Gasteiger partial charge in [0.2, 0.25) is 0 Å². The van der Waals surface area contributed by atoms with E-state index < -0.39 is 0 Å². The first kappa shape index (κ1) is 8.54. The topological polar surface area (TPSA) is 56.6 Å². The summed E-state index contributed by atoms with van der Waals surface area (Å²) >= 11 is 0. The van der Waals surface area contributed by atoms with Crippen molar-refractivity contribution in [3.8, 4) is 6.07 Å². The summed E-state index contributed by atoms with van der Waals surface area (Å²) in [5, 5.41) is 8.64. The van der Waals surface area contributed by atoms with Crippen molar-refractivity contribution < 1.29 is 0 Å². The fraction of sp³-hybridized carbons (Fsp3) is 0.333. The molecular formula is C9H10N2O. The molecule has 0 atom stereocenters. The number of rotatable bonds is 0. The molecule has 3 heteroatoms. The maximum Gasteiger partial charge on any atom is 0.266 e. The average molecular weight is 162 g/mol. The molecule has 0 saturated carbocycles. The van der Waals surface area contributed by atoms with E-state index in [2.05, 4.69) is 4.98 Å². The Hall–Kier alpha value is -1.56. The summed E-state index contributed by atoms with van der Waals surface area (Å²) in [7, 11) is 0. The molecule has 0 fully saturated rings. The number of nitrogens with one attached hydrogen (secondary N) is 1. The second-order valence-electron chi connectivity index (χ2n) is 2.82. The smallest absolute Gasteiger partial charge is 0.266 e. The molecule has 1 rings (SSSR count). The Bertz CT molecular complexity index is 410. The van der Waals surface area contributed by atoms with Gasteiger partial charge in [0.25, 0.3) is 5.56 Å². The summed E-state index contributed by atoms with van der Waals surface area (Å²) in [6, 6.07) is 1.89. The van der Waals surface area contributed by atoms with E-state index >= 15 is 0 Å². The third kappa shape index (κ3) is 1.12. The summed E-state index contributed by atoms with van der Waals surface area (Å²) < 4.78 is 0. The first-order valence-corrected chi connectivity index (χ1v) is 3.68. The normalized spacial score (nSPS) is 9.50. The molecule has 0 unspecified atom stereocenters. The standard InChI is InChI=1S/C9H10N2O/c1-5-6(2)8(4-10)9(12)11-7(5)3/h1-3H3,(H,11,12). The molecule has 1 aromatic rings. The highest BCUT2D eigenvalue weighted by molar-refractivity contribution is 5.41. The molecule has 0 spiro atoms. The van der Waals surface area contributed by atoms with Gasteiger partial charge in [0, 0.05) is 5.69 Å². The predicted octanol–water partition coefficient (Wildman–Crippen LogP) is 1.17. The largest absolute Gasteiger partial charge is 0.325 e. The van der Waals surface area contributed by atoms with Crippen LogP contribution in [0, 0.1) is 32.1 Å². The number of hydrogen-bond donors (Lipinski definition) is 1.